The first-order valence-electron chi connectivity index (χ1n) is 6.53. The second-order valence-corrected chi connectivity index (χ2v) is 4.59. The minimum absolute atomic E-state index is 0.386. The average molecular weight is 229 g/mol. The van der Waals surface area contributed by atoms with Crippen molar-refractivity contribution in [2.75, 3.05) is 26.2 Å². The maximum atomic E-state index is 11.4. The highest BCUT2D eigenvalue weighted by atomic mass is 16.6. The highest BCUT2D eigenvalue weighted by molar-refractivity contribution is 4.85. The third-order valence-electron chi connectivity index (χ3n) is 3.03. The molecule has 0 aliphatic carbocycles. The summed E-state index contributed by atoms with van der Waals surface area (Å²) in [4.78, 5) is 0. The Morgan fingerprint density at radius 2 is 2.12 bits per heavy atom. The molecule has 0 saturated carbocycles. The lowest BCUT2D eigenvalue weighted by atomic mass is 10.1. The molecule has 0 bridgehead atoms. The van der Waals surface area contributed by atoms with Crippen molar-refractivity contribution in [3.8, 4) is 0 Å². The van der Waals surface area contributed by atoms with Gasteiger partial charge in [0.15, 0.2) is 0 Å². The highest BCUT2D eigenvalue weighted by Gasteiger charge is 2.32. The molecule has 0 spiro atoms. The van der Waals surface area contributed by atoms with Gasteiger partial charge in [-0.05, 0) is 19.4 Å². The Balaban J connectivity index is 2.38. The third kappa shape index (κ3) is 4.37. The Morgan fingerprint density at radius 1 is 1.31 bits per heavy atom. The molecule has 1 aliphatic rings. The summed E-state index contributed by atoms with van der Waals surface area (Å²) in [5.74, 6) is 0. The smallest absolute Gasteiger partial charge is 0.131 e. The molecule has 16 heavy (non-hydrogen) atoms. The van der Waals surface area contributed by atoms with Gasteiger partial charge in [-0.3, -0.25) is 5.32 Å². The number of morpholine rings is 1. The fraction of sp³-hybridized carbons (Fsp3) is 1.00. The van der Waals surface area contributed by atoms with Gasteiger partial charge in [0, 0.05) is 13.1 Å². The number of ether oxygens (including phenoxy) is 1. The van der Waals surface area contributed by atoms with E-state index in [1.807, 2.05) is 0 Å². The predicted octanol–water partition coefficient (Wildman–Crippen LogP) is 2.09. The number of hydrogen-bond acceptors (Lipinski definition) is 4. The van der Waals surface area contributed by atoms with E-state index in [9.17, 15) is 5.21 Å². The fourth-order valence-electron chi connectivity index (χ4n) is 2.19. The van der Waals surface area contributed by atoms with Crippen LogP contribution in [0.15, 0.2) is 0 Å². The van der Waals surface area contributed by atoms with E-state index < -0.39 is 0 Å². The Bertz CT molecular complexity index is 186. The standard InChI is InChI=1S/C12H25N2O2/c1-3-5-6-8-13-12(7-4-2)11-14(15)9-10-16-12/h13H,3-11H2,1-2H3/q-1. The first-order chi connectivity index (χ1) is 7.72. The normalized spacial score (nSPS) is 27.2. The second-order valence-electron chi connectivity index (χ2n) is 4.59. The van der Waals surface area contributed by atoms with E-state index in [4.69, 9.17) is 4.74 Å². The maximum absolute atomic E-state index is 11.4. The van der Waals surface area contributed by atoms with Crippen LogP contribution in [0, 0.1) is 5.21 Å². The molecule has 1 saturated heterocycles. The summed E-state index contributed by atoms with van der Waals surface area (Å²) < 4.78 is 5.80. The molecule has 0 amide bonds. The van der Waals surface area contributed by atoms with E-state index in [2.05, 4.69) is 19.2 Å². The molecule has 1 heterocycles. The Morgan fingerprint density at radius 3 is 2.75 bits per heavy atom. The topological polar surface area (TPSA) is 47.6 Å². The van der Waals surface area contributed by atoms with Crippen LogP contribution in [-0.2, 0) is 4.74 Å². The van der Waals surface area contributed by atoms with Gasteiger partial charge in [-0.1, -0.05) is 33.1 Å². The lowest BCUT2D eigenvalue weighted by molar-refractivity contribution is -0.124. The third-order valence-corrected chi connectivity index (χ3v) is 3.03. The van der Waals surface area contributed by atoms with Gasteiger partial charge in [-0.2, -0.15) is 0 Å². The van der Waals surface area contributed by atoms with Gasteiger partial charge < -0.3 is 15.0 Å². The minimum atomic E-state index is -0.386. The van der Waals surface area contributed by atoms with Crippen LogP contribution in [0.1, 0.15) is 46.0 Å². The van der Waals surface area contributed by atoms with E-state index in [1.165, 1.54) is 12.8 Å². The zero-order valence-electron chi connectivity index (χ0n) is 10.6. The molecule has 0 aromatic carbocycles. The predicted molar refractivity (Wildman–Crippen MR) is 66.1 cm³/mol. The molecular weight excluding hydrogens is 204 g/mol. The molecule has 1 unspecified atom stereocenters. The minimum Gasteiger partial charge on any atom is -0.785 e. The van der Waals surface area contributed by atoms with E-state index in [-0.39, 0.29) is 5.72 Å². The van der Waals surface area contributed by atoms with Crippen LogP contribution >= 0.6 is 0 Å². The van der Waals surface area contributed by atoms with Crippen molar-refractivity contribution in [3.63, 3.8) is 0 Å². The molecule has 1 rings (SSSR count). The number of hydroxylamine groups is 2. The summed E-state index contributed by atoms with van der Waals surface area (Å²) in [5.41, 5.74) is -0.386. The Kier molecular flexibility index (Phi) is 6.28. The van der Waals surface area contributed by atoms with Gasteiger partial charge in [-0.15, -0.1) is 0 Å². The quantitative estimate of drug-likeness (QED) is 0.679. The highest BCUT2D eigenvalue weighted by Crippen LogP contribution is 2.20. The number of hydrogen-bond donors (Lipinski definition) is 1. The number of rotatable bonds is 7. The van der Waals surface area contributed by atoms with Crippen molar-refractivity contribution in [1.29, 1.82) is 0 Å². The van der Waals surface area contributed by atoms with E-state index >= 15 is 0 Å². The summed E-state index contributed by atoms with van der Waals surface area (Å²) in [7, 11) is 0. The largest absolute Gasteiger partial charge is 0.785 e. The second kappa shape index (κ2) is 7.22. The van der Waals surface area contributed by atoms with Crippen LogP contribution in [0.25, 0.3) is 0 Å². The van der Waals surface area contributed by atoms with Crippen LogP contribution < -0.4 is 5.32 Å². The molecule has 0 aromatic heterocycles. The van der Waals surface area contributed by atoms with Gasteiger partial charge >= 0.3 is 0 Å². The number of nitrogens with zero attached hydrogens (tertiary/aromatic N) is 1. The Hall–Kier alpha value is -0.160. The van der Waals surface area contributed by atoms with Gasteiger partial charge in [0.1, 0.15) is 5.72 Å². The number of nitrogens with one attached hydrogen (secondary N) is 1. The molecule has 96 valence electrons. The first-order valence-corrected chi connectivity index (χ1v) is 6.53. The zero-order valence-corrected chi connectivity index (χ0v) is 10.6. The summed E-state index contributed by atoms with van der Waals surface area (Å²) >= 11 is 0. The average Bonchev–Trinajstić information content (AvgIpc) is 2.25. The fourth-order valence-corrected chi connectivity index (χ4v) is 2.19. The monoisotopic (exact) mass is 229 g/mol. The van der Waals surface area contributed by atoms with E-state index in [0.29, 0.717) is 19.7 Å². The molecule has 4 nitrogen and oxygen atoms in total. The summed E-state index contributed by atoms with van der Waals surface area (Å²) in [6, 6.07) is 0. The van der Waals surface area contributed by atoms with Crippen molar-refractivity contribution in [2.24, 2.45) is 0 Å². The zero-order chi connectivity index (χ0) is 11.9. The molecule has 1 atom stereocenters. The summed E-state index contributed by atoms with van der Waals surface area (Å²) in [6.45, 7) is 6.78. The lowest BCUT2D eigenvalue weighted by Crippen LogP contribution is -2.58. The Labute approximate surface area is 98.9 Å². The van der Waals surface area contributed by atoms with Crippen LogP contribution in [0.4, 0.5) is 0 Å². The molecule has 0 aromatic rings. The van der Waals surface area contributed by atoms with Crippen LogP contribution in [0.2, 0.25) is 0 Å². The van der Waals surface area contributed by atoms with Gasteiger partial charge in [-0.25, -0.2) is 0 Å². The maximum Gasteiger partial charge on any atom is 0.131 e. The molecule has 1 aliphatic heterocycles. The summed E-state index contributed by atoms with van der Waals surface area (Å²) in [6.07, 6.45) is 5.56. The molecule has 1 fully saturated rings. The molecular formula is C12H25N2O2-. The molecule has 0 radical (unpaired) electrons. The van der Waals surface area contributed by atoms with Crippen molar-refractivity contribution in [3.05, 3.63) is 5.21 Å². The molecule has 4 heteroatoms. The first kappa shape index (κ1) is 13.9. The SMILES string of the molecule is CCCCCNC1(CCC)CN([O-])CCO1. The van der Waals surface area contributed by atoms with Crippen molar-refractivity contribution in [2.45, 2.75) is 51.7 Å². The van der Waals surface area contributed by atoms with E-state index in [1.54, 1.807) is 0 Å². The number of unbranched alkanes of at least 4 members (excludes halogenated alkanes) is 2. The van der Waals surface area contributed by atoms with Crippen LogP contribution in [-0.4, -0.2) is 37.0 Å². The van der Waals surface area contributed by atoms with E-state index in [0.717, 1.165) is 30.9 Å². The van der Waals surface area contributed by atoms with Crippen molar-refractivity contribution in [1.82, 2.24) is 10.4 Å². The van der Waals surface area contributed by atoms with Crippen LogP contribution in [0.5, 0.6) is 0 Å². The lowest BCUT2D eigenvalue weighted by Gasteiger charge is -2.46. The van der Waals surface area contributed by atoms with Crippen LogP contribution in [0.3, 0.4) is 0 Å². The van der Waals surface area contributed by atoms with Crippen molar-refractivity contribution < 1.29 is 4.74 Å². The summed E-state index contributed by atoms with van der Waals surface area (Å²) in [5, 5.41) is 16.0. The van der Waals surface area contributed by atoms with Gasteiger partial charge in [0.25, 0.3) is 0 Å². The van der Waals surface area contributed by atoms with Crippen molar-refractivity contribution >= 4 is 0 Å². The van der Waals surface area contributed by atoms with Gasteiger partial charge in [0.05, 0.1) is 6.61 Å². The molecule has 1 N–H and O–H groups in total. The van der Waals surface area contributed by atoms with Gasteiger partial charge in [0.2, 0.25) is 0 Å².